The first-order chi connectivity index (χ1) is 4.43. The molecule has 0 radical (unpaired) electrons. The van der Waals surface area contributed by atoms with Crippen LogP contribution in [-0.4, -0.2) is 5.37 Å². The summed E-state index contributed by atoms with van der Waals surface area (Å²) in [6.07, 6.45) is 11.1. The molecule has 0 nitrogen and oxygen atoms in total. The Morgan fingerprint density at radius 3 is 3.00 bits per heavy atom. The van der Waals surface area contributed by atoms with Crippen LogP contribution in [0.25, 0.3) is 0 Å². The molecule has 0 saturated heterocycles. The van der Waals surface area contributed by atoms with Gasteiger partial charge >= 0.3 is 0 Å². The van der Waals surface area contributed by atoms with Gasteiger partial charge in [-0.1, -0.05) is 42.6 Å². The van der Waals surface area contributed by atoms with Gasteiger partial charge in [0.2, 0.25) is 0 Å². The van der Waals surface area contributed by atoms with Gasteiger partial charge in [0.15, 0.2) is 0 Å². The van der Waals surface area contributed by atoms with Gasteiger partial charge in [0, 0.05) is 5.37 Å². The average molecular weight is 136 g/mol. The molecule has 0 aromatic heterocycles. The number of allylic oxidation sites excluding steroid dienone is 6. The van der Waals surface area contributed by atoms with Crippen molar-refractivity contribution in [3.63, 3.8) is 0 Å². The molecule has 0 fully saturated rings. The Morgan fingerprint density at radius 2 is 2.22 bits per heavy atom. The molecule has 0 unspecified atom stereocenters. The fourth-order valence-corrected chi connectivity index (χ4v) is 0.856. The minimum Gasteiger partial charge on any atom is -0.0884 e. The summed E-state index contributed by atoms with van der Waals surface area (Å²) in [5.74, 6) is 0. The van der Waals surface area contributed by atoms with Gasteiger partial charge in [-0.2, -0.15) is 0 Å². The zero-order chi connectivity index (χ0) is 6.53. The lowest BCUT2D eigenvalue weighted by Gasteiger charge is -1.88. The Balaban J connectivity index is 2.73. The summed E-state index contributed by atoms with van der Waals surface area (Å²) in [7, 11) is 0. The highest BCUT2D eigenvalue weighted by Crippen LogP contribution is 2.03. The van der Waals surface area contributed by atoms with Crippen LogP contribution in [0.4, 0.5) is 0 Å². The molecule has 0 bridgehead atoms. The lowest BCUT2D eigenvalue weighted by molar-refractivity contribution is 1.35. The summed E-state index contributed by atoms with van der Waals surface area (Å²) in [6.45, 7) is 0. The van der Waals surface area contributed by atoms with Gasteiger partial charge in [0.25, 0.3) is 0 Å². The quantitative estimate of drug-likeness (QED) is 0.499. The first-order valence-electron chi connectivity index (χ1n) is 2.91. The highest BCUT2D eigenvalue weighted by atomic mass is 32.1. The molecule has 0 saturated carbocycles. The van der Waals surface area contributed by atoms with Crippen LogP contribution in [0.5, 0.6) is 0 Å². The van der Waals surface area contributed by atoms with Crippen LogP contribution in [0.2, 0.25) is 0 Å². The fourth-order valence-electron chi connectivity index (χ4n) is 0.681. The molecule has 1 aliphatic carbocycles. The Hall–Kier alpha value is -0.690. The molecule has 46 valence electrons. The summed E-state index contributed by atoms with van der Waals surface area (Å²) in [5.41, 5.74) is 1.20. The normalized spacial score (nSPS) is 16.7. The Morgan fingerprint density at radius 1 is 1.33 bits per heavy atom. The molecule has 9 heavy (non-hydrogen) atoms. The van der Waals surface area contributed by atoms with Crippen molar-refractivity contribution >= 4 is 17.6 Å². The van der Waals surface area contributed by atoms with Crippen molar-refractivity contribution in [2.75, 3.05) is 0 Å². The van der Waals surface area contributed by atoms with Crippen LogP contribution < -0.4 is 0 Å². The van der Waals surface area contributed by atoms with E-state index >= 15 is 0 Å². The summed E-state index contributed by atoms with van der Waals surface area (Å²) in [4.78, 5) is 0. The van der Waals surface area contributed by atoms with Crippen molar-refractivity contribution in [2.45, 2.75) is 6.42 Å². The molecular formula is C8H8S. The van der Waals surface area contributed by atoms with E-state index < -0.39 is 0 Å². The summed E-state index contributed by atoms with van der Waals surface area (Å²) >= 11 is 4.77. The summed E-state index contributed by atoms with van der Waals surface area (Å²) in [6, 6.07) is 0. The zero-order valence-electron chi connectivity index (χ0n) is 5.08. The third-order valence-corrected chi connectivity index (χ3v) is 1.48. The van der Waals surface area contributed by atoms with Gasteiger partial charge in [-0.25, -0.2) is 0 Å². The van der Waals surface area contributed by atoms with Crippen LogP contribution in [0.1, 0.15) is 6.42 Å². The van der Waals surface area contributed by atoms with Crippen LogP contribution in [0, 0.1) is 0 Å². The topological polar surface area (TPSA) is 0 Å². The first kappa shape index (κ1) is 6.43. The van der Waals surface area contributed by atoms with Gasteiger partial charge in [-0.3, -0.25) is 0 Å². The molecule has 0 aliphatic heterocycles. The second kappa shape index (κ2) is 3.36. The SMILES string of the molecule is S=CC1=CC=CC=CC1. The number of thiocarbonyl (C=S) groups is 1. The monoisotopic (exact) mass is 136 g/mol. The van der Waals surface area contributed by atoms with Crippen LogP contribution in [-0.2, 0) is 0 Å². The summed E-state index contributed by atoms with van der Waals surface area (Å²) < 4.78 is 0. The highest BCUT2D eigenvalue weighted by molar-refractivity contribution is 7.79. The first-order valence-corrected chi connectivity index (χ1v) is 3.38. The van der Waals surface area contributed by atoms with Crippen LogP contribution in [0.15, 0.2) is 36.0 Å². The van der Waals surface area contributed by atoms with E-state index in [1.54, 1.807) is 5.37 Å². The predicted molar refractivity (Wildman–Crippen MR) is 44.6 cm³/mol. The maximum atomic E-state index is 4.77. The highest BCUT2D eigenvalue weighted by Gasteiger charge is 1.87. The van der Waals surface area contributed by atoms with Crippen LogP contribution >= 0.6 is 12.2 Å². The average Bonchev–Trinajstić information content (AvgIpc) is 2.13. The largest absolute Gasteiger partial charge is 0.0884 e. The second-order valence-electron chi connectivity index (χ2n) is 1.88. The van der Waals surface area contributed by atoms with Crippen molar-refractivity contribution in [1.29, 1.82) is 0 Å². The minimum atomic E-state index is 0.969. The minimum absolute atomic E-state index is 0.969. The number of hydrogen-bond acceptors (Lipinski definition) is 1. The molecule has 1 aliphatic rings. The summed E-state index contributed by atoms with van der Waals surface area (Å²) in [5, 5.41) is 1.72. The van der Waals surface area contributed by atoms with E-state index in [1.807, 2.05) is 24.3 Å². The molecule has 0 aromatic carbocycles. The lowest BCUT2D eigenvalue weighted by Crippen LogP contribution is -1.76. The van der Waals surface area contributed by atoms with E-state index in [0.717, 1.165) is 6.42 Å². The van der Waals surface area contributed by atoms with Crippen molar-refractivity contribution in [3.8, 4) is 0 Å². The van der Waals surface area contributed by atoms with Gasteiger partial charge < -0.3 is 0 Å². The van der Waals surface area contributed by atoms with Crippen molar-refractivity contribution in [1.82, 2.24) is 0 Å². The maximum absolute atomic E-state index is 4.77. The Labute approximate surface area is 60.6 Å². The molecule has 0 aromatic rings. The van der Waals surface area contributed by atoms with Crippen molar-refractivity contribution in [3.05, 3.63) is 36.0 Å². The fraction of sp³-hybridized carbons (Fsp3) is 0.125. The molecule has 0 atom stereocenters. The lowest BCUT2D eigenvalue weighted by atomic mass is 10.2. The molecule has 0 N–H and O–H groups in total. The number of rotatable bonds is 1. The van der Waals surface area contributed by atoms with Crippen molar-refractivity contribution in [2.24, 2.45) is 0 Å². The van der Waals surface area contributed by atoms with Gasteiger partial charge in [-0.05, 0) is 12.0 Å². The van der Waals surface area contributed by atoms with E-state index in [-0.39, 0.29) is 0 Å². The second-order valence-corrected chi connectivity index (χ2v) is 2.11. The maximum Gasteiger partial charge on any atom is 0.00487 e. The van der Waals surface area contributed by atoms with Gasteiger partial charge in [0.05, 0.1) is 0 Å². The molecular weight excluding hydrogens is 128 g/mol. The van der Waals surface area contributed by atoms with E-state index in [2.05, 4.69) is 6.08 Å². The molecule has 1 rings (SSSR count). The predicted octanol–water partition coefficient (Wildman–Crippen LogP) is 2.43. The van der Waals surface area contributed by atoms with E-state index in [4.69, 9.17) is 12.2 Å². The smallest absolute Gasteiger partial charge is 0.00487 e. The molecule has 1 heteroatoms. The van der Waals surface area contributed by atoms with E-state index in [0.29, 0.717) is 0 Å². The van der Waals surface area contributed by atoms with Crippen molar-refractivity contribution < 1.29 is 0 Å². The third kappa shape index (κ3) is 1.94. The third-order valence-electron chi connectivity index (χ3n) is 1.17. The molecule has 0 spiro atoms. The van der Waals surface area contributed by atoms with E-state index in [9.17, 15) is 0 Å². The Bertz CT molecular complexity index is 185. The van der Waals surface area contributed by atoms with Gasteiger partial charge in [-0.15, -0.1) is 0 Å². The van der Waals surface area contributed by atoms with Gasteiger partial charge in [0.1, 0.15) is 0 Å². The molecule has 0 heterocycles. The Kier molecular flexibility index (Phi) is 2.40. The zero-order valence-corrected chi connectivity index (χ0v) is 5.90. The number of hydrogen-bond donors (Lipinski definition) is 0. The van der Waals surface area contributed by atoms with E-state index in [1.165, 1.54) is 5.57 Å². The van der Waals surface area contributed by atoms with Crippen LogP contribution in [0.3, 0.4) is 0 Å². The standard InChI is InChI=1S/C8H8S/c9-7-8-5-3-1-2-4-6-8/h1-5,7H,6H2. The molecule has 0 amide bonds.